The molecule has 0 aromatic carbocycles. The van der Waals surface area contributed by atoms with E-state index in [2.05, 4.69) is 0 Å². The van der Waals surface area contributed by atoms with E-state index in [4.69, 9.17) is 5.26 Å². The van der Waals surface area contributed by atoms with Gasteiger partial charge in [0.1, 0.15) is 5.78 Å². The van der Waals surface area contributed by atoms with Crippen LogP contribution in [0.15, 0.2) is 0 Å². The topological polar surface area (TPSA) is 40.9 Å². The van der Waals surface area contributed by atoms with Gasteiger partial charge in [0.2, 0.25) is 0 Å². The maximum absolute atomic E-state index is 10.6. The van der Waals surface area contributed by atoms with Crippen LogP contribution in [0.4, 0.5) is 0 Å². The van der Waals surface area contributed by atoms with Gasteiger partial charge in [0.05, 0.1) is 12.5 Å². The van der Waals surface area contributed by atoms with Gasteiger partial charge in [-0.1, -0.05) is 0 Å². The monoisotopic (exact) mass is 132 g/mol. The molecule has 0 aliphatic heterocycles. The Balaban J connectivity index is 0.000000640. The van der Waals surface area contributed by atoms with E-state index in [9.17, 15) is 4.79 Å². The van der Waals surface area contributed by atoms with E-state index in [1.807, 2.05) is 6.07 Å². The first-order valence-electron chi connectivity index (χ1n) is 2.74. The molecule has 1 saturated carbocycles. The fraction of sp³-hybridized carbons (Fsp3) is 0.667. The zero-order chi connectivity index (χ0) is 5.98. The minimum atomic E-state index is 0. The van der Waals surface area contributed by atoms with Crippen LogP contribution in [0.3, 0.4) is 0 Å². The van der Waals surface area contributed by atoms with Crippen molar-refractivity contribution in [2.75, 3.05) is 0 Å². The average molecular weight is 132 g/mol. The van der Waals surface area contributed by atoms with Crippen molar-refractivity contribution >= 4 is 5.78 Å². The summed E-state index contributed by atoms with van der Waals surface area (Å²) in [6.45, 7) is 0. The van der Waals surface area contributed by atoms with Crippen molar-refractivity contribution in [2.24, 2.45) is 5.92 Å². The number of rotatable bonds is 2. The molecule has 0 unspecified atom stereocenters. The van der Waals surface area contributed by atoms with Crippen LogP contribution < -0.4 is 29.6 Å². The third-order valence-corrected chi connectivity index (χ3v) is 1.29. The van der Waals surface area contributed by atoms with Gasteiger partial charge in [0.15, 0.2) is 0 Å². The van der Waals surface area contributed by atoms with Gasteiger partial charge >= 0.3 is 29.6 Å². The zero-order valence-corrected chi connectivity index (χ0v) is 7.55. The molecule has 1 rings (SSSR count). The number of carbonyl (C=O) groups is 1. The molecule has 42 valence electrons. The van der Waals surface area contributed by atoms with Crippen molar-refractivity contribution < 1.29 is 34.4 Å². The van der Waals surface area contributed by atoms with Gasteiger partial charge in [-0.2, -0.15) is 5.26 Å². The third kappa shape index (κ3) is 3.00. The summed E-state index contributed by atoms with van der Waals surface area (Å²) in [6.07, 6.45) is 2.14. The number of carbonyl (C=O) groups excluding carboxylic acids is 1. The molecular weight excluding hydrogens is 125 g/mol. The summed E-state index contributed by atoms with van der Waals surface area (Å²) in [7, 11) is 0. The summed E-state index contributed by atoms with van der Waals surface area (Å²) < 4.78 is 0. The number of hydrogen-bond acceptors (Lipinski definition) is 2. The Morgan fingerprint density at radius 1 is 1.67 bits per heavy atom. The van der Waals surface area contributed by atoms with Crippen LogP contribution in [0, 0.1) is 17.2 Å². The Hall–Kier alpha value is 0.160. The van der Waals surface area contributed by atoms with Gasteiger partial charge in [-0.15, -0.1) is 0 Å². The fourth-order valence-electron chi connectivity index (χ4n) is 0.628. The Kier molecular flexibility index (Phi) is 4.12. The Bertz CT molecular complexity index is 146. The quantitative estimate of drug-likeness (QED) is 0.403. The normalized spacial score (nSPS) is 15.4. The van der Waals surface area contributed by atoms with Crippen molar-refractivity contribution in [3.63, 3.8) is 0 Å². The minimum absolute atomic E-state index is 0. The molecule has 0 heterocycles. The second-order valence-electron chi connectivity index (χ2n) is 2.08. The Labute approximate surface area is 76.5 Å². The van der Waals surface area contributed by atoms with Crippen LogP contribution in [-0.2, 0) is 4.79 Å². The molecule has 9 heavy (non-hydrogen) atoms. The summed E-state index contributed by atoms with van der Waals surface area (Å²) in [5.74, 6) is 0.391. The Morgan fingerprint density at radius 2 is 2.22 bits per heavy atom. The number of ketones is 1. The van der Waals surface area contributed by atoms with E-state index in [0.29, 0.717) is 0 Å². The predicted molar refractivity (Wildman–Crippen MR) is 28.0 cm³/mol. The molecule has 1 aliphatic rings. The number of Topliss-reactive ketones (excluding diaryl/α,β-unsaturated/α-hetero) is 1. The van der Waals surface area contributed by atoms with Crippen LogP contribution in [0.5, 0.6) is 0 Å². The number of hydrogen-bond donors (Lipinski definition) is 0. The zero-order valence-electron chi connectivity index (χ0n) is 5.55. The largest absolute Gasteiger partial charge is 1.00 e. The second kappa shape index (κ2) is 4.05. The first-order chi connectivity index (χ1) is 3.84. The summed E-state index contributed by atoms with van der Waals surface area (Å²) >= 11 is 0. The van der Waals surface area contributed by atoms with E-state index >= 15 is 0 Å². The van der Waals surface area contributed by atoms with Crippen LogP contribution >= 0.6 is 0 Å². The van der Waals surface area contributed by atoms with Gasteiger partial charge in [0, 0.05) is 5.92 Å². The predicted octanol–water partition coefficient (Wildman–Crippen LogP) is -2.12. The molecule has 0 bridgehead atoms. The summed E-state index contributed by atoms with van der Waals surface area (Å²) in [5.41, 5.74) is 0. The number of nitriles is 1. The van der Waals surface area contributed by atoms with Gasteiger partial charge in [0.25, 0.3) is 0 Å². The maximum atomic E-state index is 10.6. The van der Waals surface area contributed by atoms with Crippen molar-refractivity contribution in [2.45, 2.75) is 19.3 Å². The van der Waals surface area contributed by atoms with Crippen molar-refractivity contribution in [1.29, 1.82) is 5.26 Å². The number of nitrogens with zero attached hydrogens (tertiary/aromatic N) is 1. The molecule has 1 fully saturated rings. The summed E-state index contributed by atoms with van der Waals surface area (Å²) in [6, 6.07) is 1.84. The summed E-state index contributed by atoms with van der Waals surface area (Å²) in [5, 5.41) is 8.04. The Morgan fingerprint density at radius 3 is 2.56 bits per heavy atom. The standard InChI is InChI=1S/C6H7NO.Na/c7-4-3-6(8)5-1-2-5;/h5H,1-3H2;/q;+1. The smallest absolute Gasteiger partial charge is 0.298 e. The van der Waals surface area contributed by atoms with Crippen LogP contribution in [-0.4, -0.2) is 5.78 Å². The molecule has 0 aromatic rings. The molecule has 0 N–H and O–H groups in total. The van der Waals surface area contributed by atoms with E-state index < -0.39 is 0 Å². The van der Waals surface area contributed by atoms with Crippen molar-refractivity contribution in [1.82, 2.24) is 0 Å². The maximum Gasteiger partial charge on any atom is 1.00 e. The molecular formula is C6H7NNaO+. The molecule has 0 atom stereocenters. The molecule has 3 heteroatoms. The molecule has 1 aliphatic carbocycles. The van der Waals surface area contributed by atoms with E-state index in [1.165, 1.54) is 0 Å². The SMILES string of the molecule is N#CCC(=O)C1CC1.[Na+]. The second-order valence-corrected chi connectivity index (χ2v) is 2.08. The van der Waals surface area contributed by atoms with Gasteiger partial charge in [-0.25, -0.2) is 0 Å². The molecule has 0 saturated heterocycles. The van der Waals surface area contributed by atoms with Gasteiger partial charge in [-0.05, 0) is 12.8 Å². The molecule has 0 spiro atoms. The van der Waals surface area contributed by atoms with Crippen LogP contribution in [0.25, 0.3) is 0 Å². The van der Waals surface area contributed by atoms with E-state index in [1.54, 1.807) is 0 Å². The fourth-order valence-corrected chi connectivity index (χ4v) is 0.628. The van der Waals surface area contributed by atoms with Crippen molar-refractivity contribution in [3.05, 3.63) is 0 Å². The molecule has 0 amide bonds. The van der Waals surface area contributed by atoms with Crippen molar-refractivity contribution in [3.8, 4) is 6.07 Å². The van der Waals surface area contributed by atoms with Crippen LogP contribution in [0.2, 0.25) is 0 Å². The molecule has 0 aromatic heterocycles. The third-order valence-electron chi connectivity index (χ3n) is 1.29. The van der Waals surface area contributed by atoms with E-state index in [0.717, 1.165) is 12.8 Å². The molecule has 2 nitrogen and oxygen atoms in total. The minimum Gasteiger partial charge on any atom is -0.298 e. The van der Waals surface area contributed by atoms with E-state index in [-0.39, 0.29) is 47.7 Å². The van der Waals surface area contributed by atoms with Gasteiger partial charge < -0.3 is 0 Å². The van der Waals surface area contributed by atoms with Crippen LogP contribution in [0.1, 0.15) is 19.3 Å². The summed E-state index contributed by atoms with van der Waals surface area (Å²) in [4.78, 5) is 10.6. The average Bonchev–Trinajstić information content (AvgIpc) is 2.45. The van der Waals surface area contributed by atoms with Gasteiger partial charge in [-0.3, -0.25) is 4.79 Å². The molecule has 0 radical (unpaired) electrons. The first kappa shape index (κ1) is 9.16. The first-order valence-corrected chi connectivity index (χ1v) is 2.74.